The number of H-pyrrole nitrogens is 1. The maximum atomic E-state index is 3.97. The van der Waals surface area contributed by atoms with Crippen LogP contribution in [0, 0.1) is 0 Å². The van der Waals surface area contributed by atoms with Crippen LogP contribution in [0.5, 0.6) is 0 Å². The second-order valence-corrected chi connectivity index (χ2v) is 2.90. The molecule has 2 aromatic rings. The molecule has 0 saturated heterocycles. The van der Waals surface area contributed by atoms with E-state index in [9.17, 15) is 0 Å². The van der Waals surface area contributed by atoms with E-state index in [1.807, 2.05) is 6.20 Å². The minimum Gasteiger partial charge on any atom is -0.278 e. The zero-order chi connectivity index (χ0) is 8.39. The van der Waals surface area contributed by atoms with Gasteiger partial charge >= 0.3 is 0 Å². The molecule has 0 aliphatic heterocycles. The van der Waals surface area contributed by atoms with Crippen molar-refractivity contribution >= 4 is 18.2 Å². The van der Waals surface area contributed by atoms with Crippen molar-refractivity contribution in [2.24, 2.45) is 0 Å². The molecule has 0 bridgehead atoms. The van der Waals surface area contributed by atoms with Crippen molar-refractivity contribution < 1.29 is 0 Å². The van der Waals surface area contributed by atoms with E-state index < -0.39 is 0 Å². The van der Waals surface area contributed by atoms with E-state index in [4.69, 9.17) is 0 Å². The Morgan fingerprint density at radius 3 is 3.25 bits per heavy atom. The van der Waals surface area contributed by atoms with Gasteiger partial charge in [0.25, 0.3) is 0 Å². The molecule has 1 aromatic carbocycles. The number of rotatable bonds is 2. The maximum Gasteiger partial charge on any atom is 0.111 e. The molecular formula is C9H10BN2. The highest BCUT2D eigenvalue weighted by molar-refractivity contribution is 6.32. The summed E-state index contributed by atoms with van der Waals surface area (Å²) in [4.78, 5) is 0. The molecule has 12 heavy (non-hydrogen) atoms. The lowest BCUT2D eigenvalue weighted by Crippen LogP contribution is -1.89. The highest BCUT2D eigenvalue weighted by atomic mass is 15.1. The van der Waals surface area contributed by atoms with E-state index in [2.05, 4.69) is 42.5 Å². The molecular weight excluding hydrogens is 147 g/mol. The van der Waals surface area contributed by atoms with Crippen molar-refractivity contribution in [3.05, 3.63) is 30.0 Å². The Balaban J connectivity index is 2.46. The Morgan fingerprint density at radius 1 is 1.50 bits per heavy atom. The van der Waals surface area contributed by atoms with E-state index in [1.54, 1.807) is 0 Å². The second-order valence-electron chi connectivity index (χ2n) is 2.90. The quantitative estimate of drug-likeness (QED) is 0.661. The van der Waals surface area contributed by atoms with Crippen LogP contribution in [0.3, 0.4) is 0 Å². The van der Waals surface area contributed by atoms with Gasteiger partial charge in [0.15, 0.2) is 0 Å². The number of aromatic nitrogens is 2. The molecule has 2 rings (SSSR count). The maximum absolute atomic E-state index is 3.97. The predicted octanol–water partition coefficient (Wildman–Crippen LogP) is 1.82. The van der Waals surface area contributed by atoms with Crippen LogP contribution in [-0.4, -0.2) is 17.5 Å². The number of nitrogens with one attached hydrogen (secondary N) is 1. The van der Waals surface area contributed by atoms with Crippen LogP contribution >= 0.6 is 0 Å². The summed E-state index contributed by atoms with van der Waals surface area (Å²) in [5.41, 5.74) is 2.45. The third-order valence-electron chi connectivity index (χ3n) is 1.94. The SMILES string of the molecule is C[B]Cc1ccc2[nH]ncc2c1. The fourth-order valence-electron chi connectivity index (χ4n) is 1.35. The molecule has 0 amide bonds. The first-order chi connectivity index (χ1) is 5.90. The van der Waals surface area contributed by atoms with E-state index in [-0.39, 0.29) is 0 Å². The zero-order valence-electron chi connectivity index (χ0n) is 7.04. The summed E-state index contributed by atoms with van der Waals surface area (Å²) in [6, 6.07) is 6.36. The molecule has 0 spiro atoms. The predicted molar refractivity (Wildman–Crippen MR) is 51.4 cm³/mol. The van der Waals surface area contributed by atoms with E-state index in [0.717, 1.165) is 11.8 Å². The lowest BCUT2D eigenvalue weighted by molar-refractivity contribution is 1.12. The lowest BCUT2D eigenvalue weighted by atomic mass is 9.75. The lowest BCUT2D eigenvalue weighted by Gasteiger charge is -1.96. The molecule has 1 radical (unpaired) electrons. The van der Waals surface area contributed by atoms with Crippen LogP contribution in [0.25, 0.3) is 10.9 Å². The Kier molecular flexibility index (Phi) is 1.86. The molecule has 59 valence electrons. The first kappa shape index (κ1) is 7.41. The van der Waals surface area contributed by atoms with Crippen molar-refractivity contribution in [3.63, 3.8) is 0 Å². The van der Waals surface area contributed by atoms with Crippen molar-refractivity contribution in [2.75, 3.05) is 0 Å². The molecule has 0 atom stereocenters. The summed E-state index contributed by atoms with van der Waals surface area (Å²) in [7, 11) is 2.15. The summed E-state index contributed by atoms with van der Waals surface area (Å²) in [5, 5.41) is 8.09. The zero-order valence-corrected chi connectivity index (χ0v) is 7.04. The molecule has 1 aromatic heterocycles. The fraction of sp³-hybridized carbons (Fsp3) is 0.222. The Bertz CT molecular complexity index is 381. The second kappa shape index (κ2) is 3.01. The van der Waals surface area contributed by atoms with Crippen LogP contribution in [0.4, 0.5) is 0 Å². The van der Waals surface area contributed by atoms with Crippen molar-refractivity contribution in [3.8, 4) is 0 Å². The summed E-state index contributed by atoms with van der Waals surface area (Å²) < 4.78 is 0. The average Bonchev–Trinajstić information content (AvgIpc) is 2.51. The van der Waals surface area contributed by atoms with Gasteiger partial charge in [-0.05, 0) is 12.1 Å². The van der Waals surface area contributed by atoms with E-state index in [0.29, 0.717) is 0 Å². The highest BCUT2D eigenvalue weighted by Crippen LogP contribution is 2.12. The topological polar surface area (TPSA) is 28.7 Å². The van der Waals surface area contributed by atoms with Gasteiger partial charge in [-0.25, -0.2) is 0 Å². The number of benzene rings is 1. The molecule has 1 N–H and O–H groups in total. The summed E-state index contributed by atoms with van der Waals surface area (Å²) >= 11 is 0. The van der Waals surface area contributed by atoms with E-state index in [1.165, 1.54) is 10.9 Å². The Labute approximate surface area is 72.2 Å². The fourth-order valence-corrected chi connectivity index (χ4v) is 1.35. The van der Waals surface area contributed by atoms with Gasteiger partial charge in [-0.2, -0.15) is 5.10 Å². The summed E-state index contributed by atoms with van der Waals surface area (Å²) in [6.45, 7) is 2.07. The smallest absolute Gasteiger partial charge is 0.111 e. The molecule has 0 fully saturated rings. The van der Waals surface area contributed by atoms with E-state index >= 15 is 0 Å². The highest BCUT2D eigenvalue weighted by Gasteiger charge is 1.96. The number of hydrogen-bond acceptors (Lipinski definition) is 1. The largest absolute Gasteiger partial charge is 0.278 e. The first-order valence-electron chi connectivity index (χ1n) is 4.10. The molecule has 0 aliphatic rings. The van der Waals surface area contributed by atoms with Gasteiger partial charge in [-0.3, -0.25) is 5.10 Å². The minimum absolute atomic E-state index is 1.03. The van der Waals surface area contributed by atoms with Gasteiger partial charge in [-0.1, -0.05) is 24.8 Å². The number of hydrogen-bond donors (Lipinski definition) is 1. The van der Waals surface area contributed by atoms with Crippen molar-refractivity contribution in [1.82, 2.24) is 10.2 Å². The van der Waals surface area contributed by atoms with Crippen LogP contribution in [0.2, 0.25) is 6.82 Å². The van der Waals surface area contributed by atoms with Gasteiger partial charge in [0.2, 0.25) is 0 Å². The van der Waals surface area contributed by atoms with Gasteiger partial charge in [0.1, 0.15) is 7.28 Å². The van der Waals surface area contributed by atoms with Crippen LogP contribution < -0.4 is 0 Å². The molecule has 0 aliphatic carbocycles. The van der Waals surface area contributed by atoms with Gasteiger partial charge in [0.05, 0.1) is 11.7 Å². The third kappa shape index (κ3) is 1.22. The number of aromatic amines is 1. The van der Waals surface area contributed by atoms with Crippen molar-refractivity contribution in [2.45, 2.75) is 13.1 Å². The van der Waals surface area contributed by atoms with Crippen molar-refractivity contribution in [1.29, 1.82) is 0 Å². The average molecular weight is 157 g/mol. The van der Waals surface area contributed by atoms with Crippen LogP contribution in [-0.2, 0) is 6.32 Å². The first-order valence-corrected chi connectivity index (χ1v) is 4.10. The van der Waals surface area contributed by atoms with Crippen LogP contribution in [0.15, 0.2) is 24.4 Å². The monoisotopic (exact) mass is 157 g/mol. The minimum atomic E-state index is 1.03. The molecule has 0 saturated carbocycles. The molecule has 1 heterocycles. The van der Waals surface area contributed by atoms with Crippen LogP contribution in [0.1, 0.15) is 5.56 Å². The van der Waals surface area contributed by atoms with Gasteiger partial charge in [0, 0.05) is 5.39 Å². The molecule has 2 nitrogen and oxygen atoms in total. The number of fused-ring (bicyclic) bond motifs is 1. The normalized spacial score (nSPS) is 10.4. The molecule has 0 unspecified atom stereocenters. The number of nitrogens with zero attached hydrogens (tertiary/aromatic N) is 1. The molecule has 3 heteroatoms. The standard InChI is InChI=1S/C9H10BN2/c1-10-5-7-2-3-9-8(4-7)6-11-12-9/h2-4,6H,5H2,1H3,(H,11,12). The Hall–Kier alpha value is -1.25. The van der Waals surface area contributed by atoms with Gasteiger partial charge < -0.3 is 0 Å². The summed E-state index contributed by atoms with van der Waals surface area (Å²) in [6.07, 6.45) is 2.88. The Morgan fingerprint density at radius 2 is 2.42 bits per heavy atom. The summed E-state index contributed by atoms with van der Waals surface area (Å²) in [5.74, 6) is 0. The third-order valence-corrected chi connectivity index (χ3v) is 1.94. The van der Waals surface area contributed by atoms with Gasteiger partial charge in [-0.15, -0.1) is 0 Å².